The second kappa shape index (κ2) is 8.26. The molecule has 3 aromatic rings. The number of nitrogens with one attached hydrogen (secondary N) is 1. The molecule has 0 saturated carbocycles. The predicted molar refractivity (Wildman–Crippen MR) is 113 cm³/mol. The molecule has 0 spiro atoms. The smallest absolute Gasteiger partial charge is 0.229 e. The zero-order valence-electron chi connectivity index (χ0n) is 16.5. The average molecular weight is 415 g/mol. The Kier molecular flexibility index (Phi) is 5.54. The summed E-state index contributed by atoms with van der Waals surface area (Å²) in [7, 11) is 3.80. The lowest BCUT2D eigenvalue weighted by Gasteiger charge is -2.28. The van der Waals surface area contributed by atoms with Crippen LogP contribution in [0.3, 0.4) is 0 Å². The van der Waals surface area contributed by atoms with E-state index in [0.29, 0.717) is 10.7 Å². The zero-order chi connectivity index (χ0) is 20.4. The number of morpholine rings is 1. The van der Waals surface area contributed by atoms with Crippen LogP contribution in [0, 0.1) is 12.7 Å². The normalized spacial score (nSPS) is 14.1. The molecule has 0 radical (unpaired) electrons. The van der Waals surface area contributed by atoms with Gasteiger partial charge in [0.1, 0.15) is 11.5 Å². The standard InChI is InChI=1S/C19H22FN7OS/c1-12-17(29-19(23-12)26(2)3)16-14(20)11-22-18(25-16)24-15-5-4-13(10-21-15)27-6-8-28-9-7-27/h4-5,10-11H,6-9H2,1-3H3,(H,21,22,24,25). The van der Waals surface area contributed by atoms with Gasteiger partial charge in [0, 0.05) is 27.2 Å². The second-order valence-electron chi connectivity index (χ2n) is 6.82. The summed E-state index contributed by atoms with van der Waals surface area (Å²) in [6, 6.07) is 3.85. The Balaban J connectivity index is 1.55. The van der Waals surface area contributed by atoms with E-state index in [9.17, 15) is 4.39 Å². The summed E-state index contributed by atoms with van der Waals surface area (Å²) in [4.78, 5) is 22.1. The quantitative estimate of drug-likeness (QED) is 0.681. The van der Waals surface area contributed by atoms with Gasteiger partial charge < -0.3 is 19.9 Å². The van der Waals surface area contributed by atoms with Crippen LogP contribution in [-0.2, 0) is 4.74 Å². The van der Waals surface area contributed by atoms with E-state index < -0.39 is 5.82 Å². The minimum Gasteiger partial charge on any atom is -0.378 e. The van der Waals surface area contributed by atoms with E-state index >= 15 is 0 Å². The molecule has 0 aromatic carbocycles. The number of halogens is 1. The lowest BCUT2D eigenvalue weighted by atomic mass is 10.3. The van der Waals surface area contributed by atoms with Crippen LogP contribution in [0.15, 0.2) is 24.5 Å². The number of nitrogens with zero attached hydrogens (tertiary/aromatic N) is 6. The molecule has 1 N–H and O–H groups in total. The molecule has 0 amide bonds. The van der Waals surface area contributed by atoms with Gasteiger partial charge in [-0.3, -0.25) is 0 Å². The van der Waals surface area contributed by atoms with Crippen LogP contribution in [0.1, 0.15) is 5.69 Å². The van der Waals surface area contributed by atoms with Gasteiger partial charge >= 0.3 is 0 Å². The molecule has 152 valence electrons. The topological polar surface area (TPSA) is 79.3 Å². The number of pyridine rings is 1. The molecule has 1 saturated heterocycles. The Hall–Kier alpha value is -2.85. The number of thiazole rings is 1. The highest BCUT2D eigenvalue weighted by Crippen LogP contribution is 2.34. The van der Waals surface area contributed by atoms with Crippen LogP contribution in [0.4, 0.5) is 27.0 Å². The van der Waals surface area contributed by atoms with Crippen LogP contribution >= 0.6 is 11.3 Å². The minimum atomic E-state index is -0.483. The molecule has 8 nitrogen and oxygen atoms in total. The van der Waals surface area contributed by atoms with Crippen molar-refractivity contribution in [2.45, 2.75) is 6.92 Å². The number of ether oxygens (including phenoxy) is 1. The van der Waals surface area contributed by atoms with E-state index in [1.165, 1.54) is 17.5 Å². The van der Waals surface area contributed by atoms with Gasteiger partial charge in [-0.05, 0) is 19.1 Å². The maximum absolute atomic E-state index is 14.4. The fourth-order valence-corrected chi connectivity index (χ4v) is 3.94. The first kappa shape index (κ1) is 19.5. The van der Waals surface area contributed by atoms with Crippen molar-refractivity contribution in [1.82, 2.24) is 19.9 Å². The lowest BCUT2D eigenvalue weighted by Crippen LogP contribution is -2.36. The molecule has 1 aliphatic heterocycles. The van der Waals surface area contributed by atoms with Crippen LogP contribution < -0.4 is 15.1 Å². The van der Waals surface area contributed by atoms with Crippen molar-refractivity contribution in [1.29, 1.82) is 0 Å². The molecule has 1 fully saturated rings. The number of hydrogen-bond acceptors (Lipinski definition) is 9. The molecule has 0 bridgehead atoms. The highest BCUT2D eigenvalue weighted by Gasteiger charge is 2.18. The van der Waals surface area contributed by atoms with Gasteiger partial charge in [-0.2, -0.15) is 0 Å². The first-order chi connectivity index (χ1) is 14.0. The van der Waals surface area contributed by atoms with E-state index in [2.05, 4.69) is 30.2 Å². The van der Waals surface area contributed by atoms with Crippen LogP contribution in [0.2, 0.25) is 0 Å². The third-order valence-corrected chi connectivity index (χ3v) is 5.82. The van der Waals surface area contributed by atoms with Crippen molar-refractivity contribution in [2.24, 2.45) is 0 Å². The van der Waals surface area contributed by atoms with E-state index in [1.54, 1.807) is 6.20 Å². The molecule has 0 unspecified atom stereocenters. The van der Waals surface area contributed by atoms with Gasteiger partial charge in [-0.15, -0.1) is 0 Å². The third-order valence-electron chi connectivity index (χ3n) is 4.49. The fourth-order valence-electron chi connectivity index (χ4n) is 2.96. The van der Waals surface area contributed by atoms with Gasteiger partial charge in [0.05, 0.1) is 41.9 Å². The lowest BCUT2D eigenvalue weighted by molar-refractivity contribution is 0.122. The number of aromatic nitrogens is 4. The van der Waals surface area contributed by atoms with Gasteiger partial charge in [0.15, 0.2) is 10.9 Å². The highest BCUT2D eigenvalue weighted by molar-refractivity contribution is 7.19. The Morgan fingerprint density at radius 2 is 1.93 bits per heavy atom. The fraction of sp³-hybridized carbons (Fsp3) is 0.368. The van der Waals surface area contributed by atoms with E-state index in [0.717, 1.165) is 42.8 Å². The van der Waals surface area contributed by atoms with Gasteiger partial charge in [0.2, 0.25) is 5.95 Å². The van der Waals surface area contributed by atoms with E-state index in [4.69, 9.17) is 4.74 Å². The van der Waals surface area contributed by atoms with Crippen molar-refractivity contribution in [3.8, 4) is 10.6 Å². The Morgan fingerprint density at radius 3 is 2.59 bits per heavy atom. The van der Waals surface area contributed by atoms with Crippen LogP contribution in [0.5, 0.6) is 0 Å². The predicted octanol–water partition coefficient (Wildman–Crippen LogP) is 3.09. The molecule has 0 aliphatic carbocycles. The van der Waals surface area contributed by atoms with Crippen LogP contribution in [-0.4, -0.2) is 60.3 Å². The molecular weight excluding hydrogens is 393 g/mol. The summed E-state index contributed by atoms with van der Waals surface area (Å²) in [6.45, 7) is 4.99. The van der Waals surface area contributed by atoms with E-state index in [-0.39, 0.29) is 11.6 Å². The monoisotopic (exact) mass is 415 g/mol. The van der Waals surface area contributed by atoms with Crippen molar-refractivity contribution in [3.05, 3.63) is 36.0 Å². The van der Waals surface area contributed by atoms with Crippen molar-refractivity contribution < 1.29 is 9.13 Å². The SMILES string of the molecule is Cc1nc(N(C)C)sc1-c1nc(Nc2ccc(N3CCOCC3)cn2)ncc1F. The number of aryl methyl sites for hydroxylation is 1. The summed E-state index contributed by atoms with van der Waals surface area (Å²) in [5.41, 5.74) is 2.00. The molecule has 0 atom stereocenters. The molecule has 4 rings (SSSR count). The number of rotatable bonds is 5. The van der Waals surface area contributed by atoms with Crippen molar-refractivity contribution in [3.63, 3.8) is 0 Å². The largest absolute Gasteiger partial charge is 0.378 e. The number of hydrogen-bond donors (Lipinski definition) is 1. The molecule has 3 aromatic heterocycles. The zero-order valence-corrected chi connectivity index (χ0v) is 17.3. The third kappa shape index (κ3) is 4.28. The van der Waals surface area contributed by atoms with Crippen LogP contribution in [0.25, 0.3) is 10.6 Å². The maximum atomic E-state index is 14.4. The first-order valence-corrected chi connectivity index (χ1v) is 10.1. The van der Waals surface area contributed by atoms with Crippen molar-refractivity contribution >= 4 is 33.9 Å². The summed E-state index contributed by atoms with van der Waals surface area (Å²) in [5, 5.41) is 3.85. The minimum absolute atomic E-state index is 0.232. The Labute approximate surface area is 172 Å². The van der Waals surface area contributed by atoms with Gasteiger partial charge in [0.25, 0.3) is 0 Å². The Morgan fingerprint density at radius 1 is 1.14 bits per heavy atom. The first-order valence-electron chi connectivity index (χ1n) is 9.24. The van der Waals surface area contributed by atoms with E-state index in [1.807, 2.05) is 38.1 Å². The molecule has 10 heteroatoms. The highest BCUT2D eigenvalue weighted by atomic mass is 32.1. The van der Waals surface area contributed by atoms with Gasteiger partial charge in [-0.1, -0.05) is 11.3 Å². The molecule has 4 heterocycles. The number of anilines is 4. The summed E-state index contributed by atoms with van der Waals surface area (Å²) in [6.07, 6.45) is 2.97. The molecule has 1 aliphatic rings. The van der Waals surface area contributed by atoms with Crippen molar-refractivity contribution in [2.75, 3.05) is 55.5 Å². The second-order valence-corrected chi connectivity index (χ2v) is 7.80. The summed E-state index contributed by atoms with van der Waals surface area (Å²) in [5.74, 6) is 0.394. The molecule has 29 heavy (non-hydrogen) atoms. The summed E-state index contributed by atoms with van der Waals surface area (Å²) >= 11 is 1.39. The maximum Gasteiger partial charge on any atom is 0.229 e. The average Bonchev–Trinajstić information content (AvgIpc) is 3.12. The molecular formula is C19H22FN7OS. The van der Waals surface area contributed by atoms with Gasteiger partial charge in [-0.25, -0.2) is 24.3 Å². The Bertz CT molecular complexity index is 987. The summed E-state index contributed by atoms with van der Waals surface area (Å²) < 4.78 is 19.8.